The molecule has 0 radical (unpaired) electrons. The highest BCUT2D eigenvalue weighted by molar-refractivity contribution is 7.88. The van der Waals surface area contributed by atoms with Gasteiger partial charge in [-0.2, -0.15) is 0 Å². The van der Waals surface area contributed by atoms with Crippen LogP contribution in [0.25, 0.3) is 11.0 Å². The van der Waals surface area contributed by atoms with Gasteiger partial charge in [0.2, 0.25) is 10.0 Å². The Morgan fingerprint density at radius 2 is 1.96 bits per heavy atom. The van der Waals surface area contributed by atoms with Crippen molar-refractivity contribution in [3.63, 3.8) is 0 Å². The smallest absolute Gasteiger partial charge is 0.336 e. The van der Waals surface area contributed by atoms with Crippen LogP contribution in [0.15, 0.2) is 39.5 Å². The number of nitrogens with zero attached hydrogens (tertiary/aromatic N) is 1. The molecule has 142 valence electrons. The first-order valence-corrected chi connectivity index (χ1v) is 10.5. The summed E-state index contributed by atoms with van der Waals surface area (Å²) in [7, 11) is -3.10. The molecule has 8 heteroatoms. The highest BCUT2D eigenvalue weighted by Gasteiger charge is 2.25. The van der Waals surface area contributed by atoms with Crippen molar-refractivity contribution < 1.29 is 17.6 Å². The number of hydrogen-bond acceptors (Lipinski definition) is 6. The van der Waals surface area contributed by atoms with Crippen molar-refractivity contribution >= 4 is 21.0 Å². The summed E-state index contributed by atoms with van der Waals surface area (Å²) < 4.78 is 35.6. The second kappa shape index (κ2) is 7.77. The molecule has 2 heterocycles. The zero-order valence-corrected chi connectivity index (χ0v) is 15.8. The second-order valence-corrected chi connectivity index (χ2v) is 8.75. The average Bonchev–Trinajstić information content (AvgIpc) is 2.59. The lowest BCUT2D eigenvalue weighted by Crippen LogP contribution is -2.48. The number of sulfonamides is 1. The van der Waals surface area contributed by atoms with Crippen molar-refractivity contribution in [2.24, 2.45) is 0 Å². The molecule has 3 rings (SSSR count). The second-order valence-electron chi connectivity index (χ2n) is 6.77. The van der Waals surface area contributed by atoms with Gasteiger partial charge in [-0.3, -0.25) is 0 Å². The molecule has 0 bridgehead atoms. The van der Waals surface area contributed by atoms with E-state index in [-0.39, 0.29) is 17.7 Å². The first-order valence-electron chi connectivity index (χ1n) is 8.69. The molecule has 0 unspecified atom stereocenters. The standard InChI is InChI=1S/C18H24N2O5S/c1-13(19-15-7-9-20(10-8-15)26(2,22)23)12-24-16-5-3-14-4-6-18(21)25-17(14)11-16/h3-6,11,13,15,19H,7-10,12H2,1-2H3/t13-/m1/s1. The number of fused-ring (bicyclic) bond motifs is 1. The van der Waals surface area contributed by atoms with Crippen LogP contribution in [0.1, 0.15) is 19.8 Å². The lowest BCUT2D eigenvalue weighted by atomic mass is 10.1. The van der Waals surface area contributed by atoms with Gasteiger partial charge in [0.1, 0.15) is 17.9 Å². The number of ether oxygens (including phenoxy) is 1. The van der Waals surface area contributed by atoms with Gasteiger partial charge in [-0.15, -0.1) is 0 Å². The van der Waals surface area contributed by atoms with Gasteiger partial charge in [-0.25, -0.2) is 17.5 Å². The van der Waals surface area contributed by atoms with Gasteiger partial charge in [-0.1, -0.05) is 0 Å². The van der Waals surface area contributed by atoms with E-state index in [1.54, 1.807) is 12.1 Å². The lowest BCUT2D eigenvalue weighted by Gasteiger charge is -2.32. The molecule has 1 aliphatic heterocycles. The molecule has 0 saturated carbocycles. The number of benzene rings is 1. The first kappa shape index (κ1) is 18.9. The van der Waals surface area contributed by atoms with Crippen LogP contribution in [-0.2, 0) is 10.0 Å². The Labute approximate surface area is 153 Å². The Morgan fingerprint density at radius 1 is 1.27 bits per heavy atom. The molecule has 1 aromatic heterocycles. The van der Waals surface area contributed by atoms with E-state index < -0.39 is 10.0 Å². The van der Waals surface area contributed by atoms with E-state index in [2.05, 4.69) is 5.32 Å². The van der Waals surface area contributed by atoms with Crippen LogP contribution in [0.3, 0.4) is 0 Å². The molecule has 0 spiro atoms. The predicted octanol–water partition coefficient (Wildman–Crippen LogP) is 1.57. The maximum Gasteiger partial charge on any atom is 0.336 e. The largest absolute Gasteiger partial charge is 0.492 e. The third-order valence-corrected chi connectivity index (χ3v) is 5.84. The minimum absolute atomic E-state index is 0.114. The van der Waals surface area contributed by atoms with Gasteiger partial charge in [0, 0.05) is 42.7 Å². The molecule has 2 aromatic rings. The van der Waals surface area contributed by atoms with E-state index in [0.29, 0.717) is 31.0 Å². The Bertz CT molecular complexity index is 917. The van der Waals surface area contributed by atoms with Crippen LogP contribution in [0.2, 0.25) is 0 Å². The van der Waals surface area contributed by atoms with Crippen LogP contribution in [0, 0.1) is 0 Å². The molecule has 7 nitrogen and oxygen atoms in total. The van der Waals surface area contributed by atoms with Gasteiger partial charge in [0.05, 0.1) is 6.26 Å². The van der Waals surface area contributed by atoms with Gasteiger partial charge in [-0.05, 0) is 38.0 Å². The lowest BCUT2D eigenvalue weighted by molar-refractivity contribution is 0.229. The van der Waals surface area contributed by atoms with Crippen LogP contribution < -0.4 is 15.7 Å². The van der Waals surface area contributed by atoms with Gasteiger partial charge in [0.15, 0.2) is 0 Å². The summed E-state index contributed by atoms with van der Waals surface area (Å²) in [6.45, 7) is 3.60. The zero-order valence-electron chi connectivity index (χ0n) is 15.0. The minimum atomic E-state index is -3.10. The molecule has 1 saturated heterocycles. The van der Waals surface area contributed by atoms with E-state index in [0.717, 1.165) is 18.2 Å². The summed E-state index contributed by atoms with van der Waals surface area (Å²) in [6, 6.07) is 8.92. The van der Waals surface area contributed by atoms with E-state index in [1.165, 1.54) is 16.6 Å². The predicted molar refractivity (Wildman–Crippen MR) is 100 cm³/mol. The molecule has 0 amide bonds. The molecular formula is C18H24N2O5S. The number of rotatable bonds is 6. The summed E-state index contributed by atoms with van der Waals surface area (Å²) in [5, 5.41) is 4.34. The quantitative estimate of drug-likeness (QED) is 0.766. The molecule has 1 aliphatic rings. The van der Waals surface area contributed by atoms with E-state index in [1.807, 2.05) is 19.1 Å². The summed E-state index contributed by atoms with van der Waals surface area (Å²) in [6.07, 6.45) is 2.83. The topological polar surface area (TPSA) is 88.8 Å². The Hall–Kier alpha value is -1.90. The molecular weight excluding hydrogens is 356 g/mol. The van der Waals surface area contributed by atoms with Crippen LogP contribution >= 0.6 is 0 Å². The highest BCUT2D eigenvalue weighted by atomic mass is 32.2. The third-order valence-electron chi connectivity index (χ3n) is 4.54. The van der Waals surface area contributed by atoms with Gasteiger partial charge < -0.3 is 14.5 Å². The van der Waals surface area contributed by atoms with Gasteiger partial charge >= 0.3 is 5.63 Å². The van der Waals surface area contributed by atoms with E-state index in [9.17, 15) is 13.2 Å². The Balaban J connectivity index is 1.50. The Kier molecular flexibility index (Phi) is 5.64. The Morgan fingerprint density at radius 3 is 2.65 bits per heavy atom. The maximum absolute atomic E-state index is 11.5. The van der Waals surface area contributed by atoms with Crippen LogP contribution in [-0.4, -0.2) is 50.8 Å². The molecule has 0 aliphatic carbocycles. The normalized spacial score (nSPS) is 18.1. The van der Waals surface area contributed by atoms with Crippen molar-refractivity contribution in [2.45, 2.75) is 31.8 Å². The molecule has 1 fully saturated rings. The van der Waals surface area contributed by atoms with E-state index in [4.69, 9.17) is 9.15 Å². The van der Waals surface area contributed by atoms with Crippen molar-refractivity contribution in [3.05, 3.63) is 40.8 Å². The maximum atomic E-state index is 11.5. The number of hydrogen-bond donors (Lipinski definition) is 1. The number of nitrogens with one attached hydrogen (secondary N) is 1. The fourth-order valence-corrected chi connectivity index (χ4v) is 4.03. The first-order chi connectivity index (χ1) is 12.3. The van der Waals surface area contributed by atoms with Crippen LogP contribution in [0.4, 0.5) is 0 Å². The monoisotopic (exact) mass is 380 g/mol. The van der Waals surface area contributed by atoms with Gasteiger partial charge in [0.25, 0.3) is 0 Å². The molecule has 1 aromatic carbocycles. The minimum Gasteiger partial charge on any atom is -0.492 e. The molecule has 1 N–H and O–H groups in total. The zero-order chi connectivity index (χ0) is 18.7. The highest BCUT2D eigenvalue weighted by Crippen LogP contribution is 2.20. The fourth-order valence-electron chi connectivity index (χ4n) is 3.16. The summed E-state index contributed by atoms with van der Waals surface area (Å²) >= 11 is 0. The third kappa shape index (κ3) is 4.84. The fraction of sp³-hybridized carbons (Fsp3) is 0.500. The SMILES string of the molecule is C[C@H](COc1ccc2ccc(=O)oc2c1)NC1CCN(S(C)(=O)=O)CC1. The molecule has 1 atom stereocenters. The van der Waals surface area contributed by atoms with Crippen molar-refractivity contribution in [1.82, 2.24) is 9.62 Å². The summed E-state index contributed by atoms with van der Waals surface area (Å²) in [5.41, 5.74) is 0.119. The van der Waals surface area contributed by atoms with Crippen molar-refractivity contribution in [2.75, 3.05) is 26.0 Å². The summed E-state index contributed by atoms with van der Waals surface area (Å²) in [4.78, 5) is 11.3. The molecule has 26 heavy (non-hydrogen) atoms. The number of piperidine rings is 1. The summed E-state index contributed by atoms with van der Waals surface area (Å²) in [5.74, 6) is 0.646. The van der Waals surface area contributed by atoms with Crippen molar-refractivity contribution in [1.29, 1.82) is 0 Å². The van der Waals surface area contributed by atoms with E-state index >= 15 is 0 Å². The van der Waals surface area contributed by atoms with Crippen molar-refractivity contribution in [3.8, 4) is 5.75 Å². The average molecular weight is 380 g/mol. The van der Waals surface area contributed by atoms with Crippen LogP contribution in [0.5, 0.6) is 5.75 Å².